The molecule has 2 aromatic carbocycles. The van der Waals surface area contributed by atoms with Gasteiger partial charge in [-0.05, 0) is 35.4 Å². The Labute approximate surface area is 172 Å². The SMILES string of the molecule is CN(CC(=O)OCC#N)C(=O)OCc1ccc(NC(=O)Cc2ccc(F)cc2)cc1. The molecule has 0 spiro atoms. The van der Waals surface area contributed by atoms with E-state index in [2.05, 4.69) is 10.1 Å². The number of carbonyl (C=O) groups is 3. The molecule has 0 unspecified atom stereocenters. The fourth-order valence-corrected chi connectivity index (χ4v) is 2.35. The van der Waals surface area contributed by atoms with E-state index in [0.717, 1.165) is 4.90 Å². The van der Waals surface area contributed by atoms with Gasteiger partial charge < -0.3 is 19.7 Å². The van der Waals surface area contributed by atoms with Crippen LogP contribution in [0.3, 0.4) is 0 Å². The van der Waals surface area contributed by atoms with E-state index in [0.29, 0.717) is 16.8 Å². The van der Waals surface area contributed by atoms with Crippen LogP contribution in [0.25, 0.3) is 0 Å². The summed E-state index contributed by atoms with van der Waals surface area (Å²) in [6.07, 6.45) is -0.608. The predicted molar refractivity (Wildman–Crippen MR) is 105 cm³/mol. The summed E-state index contributed by atoms with van der Waals surface area (Å²) in [5, 5.41) is 11.1. The molecule has 0 aliphatic rings. The maximum absolute atomic E-state index is 12.9. The molecule has 0 heterocycles. The summed E-state index contributed by atoms with van der Waals surface area (Å²) in [5.74, 6) is -1.32. The van der Waals surface area contributed by atoms with Crippen molar-refractivity contribution < 1.29 is 28.2 Å². The number of halogens is 1. The third-order valence-corrected chi connectivity index (χ3v) is 3.85. The van der Waals surface area contributed by atoms with Crippen LogP contribution in [0.15, 0.2) is 48.5 Å². The molecule has 156 valence electrons. The first-order valence-electron chi connectivity index (χ1n) is 8.91. The molecular formula is C21H20FN3O5. The molecule has 0 bridgehead atoms. The summed E-state index contributed by atoms with van der Waals surface area (Å²) in [5.41, 5.74) is 1.94. The second-order valence-corrected chi connectivity index (χ2v) is 6.28. The Bertz CT molecular complexity index is 923. The zero-order chi connectivity index (χ0) is 21.9. The Hall–Kier alpha value is -3.93. The second-order valence-electron chi connectivity index (χ2n) is 6.28. The van der Waals surface area contributed by atoms with Crippen molar-refractivity contribution in [1.29, 1.82) is 5.26 Å². The number of nitriles is 1. The number of hydrogen-bond acceptors (Lipinski definition) is 6. The van der Waals surface area contributed by atoms with Crippen LogP contribution < -0.4 is 5.32 Å². The smallest absolute Gasteiger partial charge is 0.410 e. The van der Waals surface area contributed by atoms with E-state index in [1.807, 2.05) is 0 Å². The van der Waals surface area contributed by atoms with Crippen molar-refractivity contribution in [3.63, 3.8) is 0 Å². The Morgan fingerprint density at radius 2 is 1.67 bits per heavy atom. The summed E-state index contributed by atoms with van der Waals surface area (Å²) < 4.78 is 22.6. The maximum atomic E-state index is 12.9. The standard InChI is InChI=1S/C21H20FN3O5/c1-25(13-20(27)29-11-10-23)21(28)30-14-16-4-8-18(9-5-16)24-19(26)12-15-2-6-17(22)7-3-15/h2-9H,11-14H2,1H3,(H,24,26). The third kappa shape index (κ3) is 7.59. The number of anilines is 1. The second kappa shape index (κ2) is 11.2. The maximum Gasteiger partial charge on any atom is 0.410 e. The highest BCUT2D eigenvalue weighted by atomic mass is 19.1. The van der Waals surface area contributed by atoms with Crippen LogP contribution in [-0.2, 0) is 32.1 Å². The summed E-state index contributed by atoms with van der Waals surface area (Å²) in [4.78, 5) is 36.3. The lowest BCUT2D eigenvalue weighted by molar-refractivity contribution is -0.142. The lowest BCUT2D eigenvalue weighted by atomic mass is 10.1. The number of benzene rings is 2. The Balaban J connectivity index is 1.77. The predicted octanol–water partition coefficient (Wildman–Crippen LogP) is 2.64. The number of hydrogen-bond donors (Lipinski definition) is 1. The molecule has 0 atom stereocenters. The highest BCUT2D eigenvalue weighted by Crippen LogP contribution is 2.12. The zero-order valence-electron chi connectivity index (χ0n) is 16.3. The first-order valence-corrected chi connectivity index (χ1v) is 8.91. The van der Waals surface area contributed by atoms with Crippen molar-refractivity contribution in [2.45, 2.75) is 13.0 Å². The van der Waals surface area contributed by atoms with Gasteiger partial charge in [0.2, 0.25) is 5.91 Å². The van der Waals surface area contributed by atoms with Crippen molar-refractivity contribution >= 4 is 23.7 Å². The van der Waals surface area contributed by atoms with E-state index >= 15 is 0 Å². The van der Waals surface area contributed by atoms with Gasteiger partial charge in [-0.2, -0.15) is 5.26 Å². The van der Waals surface area contributed by atoms with E-state index < -0.39 is 12.1 Å². The molecule has 1 N–H and O–H groups in total. The van der Waals surface area contributed by atoms with Gasteiger partial charge in [0, 0.05) is 12.7 Å². The van der Waals surface area contributed by atoms with E-state index in [4.69, 9.17) is 10.00 Å². The average molecular weight is 413 g/mol. The van der Waals surface area contributed by atoms with Gasteiger partial charge in [0.1, 0.15) is 25.0 Å². The molecule has 0 radical (unpaired) electrons. The highest BCUT2D eigenvalue weighted by molar-refractivity contribution is 5.92. The number of amides is 2. The summed E-state index contributed by atoms with van der Waals surface area (Å²) >= 11 is 0. The number of nitrogens with one attached hydrogen (secondary N) is 1. The van der Waals surface area contributed by atoms with Crippen molar-refractivity contribution in [2.75, 3.05) is 25.5 Å². The van der Waals surface area contributed by atoms with Crippen LogP contribution >= 0.6 is 0 Å². The lowest BCUT2D eigenvalue weighted by Crippen LogP contribution is -2.33. The minimum absolute atomic E-state index is 0.0276. The van der Waals surface area contributed by atoms with Crippen molar-refractivity contribution in [1.82, 2.24) is 4.90 Å². The Kier molecular flexibility index (Phi) is 8.32. The van der Waals surface area contributed by atoms with Gasteiger partial charge in [-0.25, -0.2) is 9.18 Å². The molecule has 0 fully saturated rings. The van der Waals surface area contributed by atoms with E-state index in [1.165, 1.54) is 19.2 Å². The highest BCUT2D eigenvalue weighted by Gasteiger charge is 2.15. The van der Waals surface area contributed by atoms with Gasteiger partial charge in [-0.15, -0.1) is 0 Å². The molecule has 2 rings (SSSR count). The van der Waals surface area contributed by atoms with Gasteiger partial charge in [0.05, 0.1) is 6.42 Å². The van der Waals surface area contributed by atoms with E-state index in [9.17, 15) is 18.8 Å². The number of nitrogens with zero attached hydrogens (tertiary/aromatic N) is 2. The van der Waals surface area contributed by atoms with Gasteiger partial charge >= 0.3 is 12.1 Å². The quantitative estimate of drug-likeness (QED) is 0.667. The molecule has 9 heteroatoms. The minimum Gasteiger partial charge on any atom is -0.449 e. The Morgan fingerprint density at radius 3 is 2.30 bits per heavy atom. The molecular weight excluding hydrogens is 393 g/mol. The monoisotopic (exact) mass is 413 g/mol. The number of likely N-dealkylation sites (N-methyl/N-ethyl adjacent to an activating group) is 1. The number of carbonyl (C=O) groups excluding carboxylic acids is 3. The van der Waals surface area contributed by atoms with Gasteiger partial charge in [-0.1, -0.05) is 24.3 Å². The Morgan fingerprint density at radius 1 is 1.03 bits per heavy atom. The fraction of sp³-hybridized carbons (Fsp3) is 0.238. The molecule has 30 heavy (non-hydrogen) atoms. The molecule has 0 aromatic heterocycles. The van der Waals surface area contributed by atoms with Gasteiger partial charge in [0.15, 0.2) is 6.61 Å². The molecule has 2 aromatic rings. The number of ether oxygens (including phenoxy) is 2. The van der Waals surface area contributed by atoms with Crippen molar-refractivity contribution in [3.8, 4) is 6.07 Å². The van der Waals surface area contributed by atoms with E-state index in [1.54, 1.807) is 42.5 Å². The zero-order valence-corrected chi connectivity index (χ0v) is 16.3. The topological polar surface area (TPSA) is 109 Å². The van der Waals surface area contributed by atoms with Crippen LogP contribution in [0.4, 0.5) is 14.9 Å². The average Bonchev–Trinajstić information content (AvgIpc) is 2.73. The van der Waals surface area contributed by atoms with E-state index in [-0.39, 0.29) is 37.9 Å². The van der Waals surface area contributed by atoms with Gasteiger partial charge in [0.25, 0.3) is 0 Å². The molecule has 0 aliphatic carbocycles. The number of rotatable bonds is 8. The first-order chi connectivity index (χ1) is 14.4. The molecule has 0 aliphatic heterocycles. The van der Waals surface area contributed by atoms with Crippen molar-refractivity contribution in [2.24, 2.45) is 0 Å². The first kappa shape index (κ1) is 22.4. The summed E-state index contributed by atoms with van der Waals surface area (Å²) in [6.45, 7) is -0.742. The van der Waals surface area contributed by atoms with Crippen LogP contribution in [-0.4, -0.2) is 43.1 Å². The van der Waals surface area contributed by atoms with Crippen LogP contribution in [0.1, 0.15) is 11.1 Å². The van der Waals surface area contributed by atoms with Gasteiger partial charge in [-0.3, -0.25) is 9.59 Å². The summed E-state index contributed by atoms with van der Waals surface area (Å²) in [7, 11) is 1.37. The molecule has 0 saturated heterocycles. The van der Waals surface area contributed by atoms with Crippen molar-refractivity contribution in [3.05, 3.63) is 65.5 Å². The third-order valence-electron chi connectivity index (χ3n) is 3.85. The van der Waals surface area contributed by atoms with Crippen LogP contribution in [0, 0.1) is 17.1 Å². The molecule has 2 amide bonds. The van der Waals surface area contributed by atoms with Crippen LogP contribution in [0.5, 0.6) is 0 Å². The van der Waals surface area contributed by atoms with Crippen LogP contribution in [0.2, 0.25) is 0 Å². The lowest BCUT2D eigenvalue weighted by Gasteiger charge is -2.15. The summed E-state index contributed by atoms with van der Waals surface area (Å²) in [6, 6.07) is 14.0. The normalized spacial score (nSPS) is 9.90. The largest absolute Gasteiger partial charge is 0.449 e. The number of esters is 1. The fourth-order valence-electron chi connectivity index (χ4n) is 2.35. The minimum atomic E-state index is -0.722. The molecule has 8 nitrogen and oxygen atoms in total. The molecule has 0 saturated carbocycles.